The van der Waals surface area contributed by atoms with Crippen molar-refractivity contribution in [2.75, 3.05) is 0 Å². The molecule has 1 aromatic rings. The van der Waals surface area contributed by atoms with Crippen LogP contribution in [0.3, 0.4) is 0 Å². The Labute approximate surface area is 113 Å². The minimum Gasteiger partial charge on any atom is -0.392 e. The summed E-state index contributed by atoms with van der Waals surface area (Å²) in [6.07, 6.45) is 3.84. The highest BCUT2D eigenvalue weighted by Gasteiger charge is 2.35. The van der Waals surface area contributed by atoms with Gasteiger partial charge in [0.15, 0.2) is 5.03 Å². The fraction of sp³-hybridized carbons (Fsp3) is 0.600. The van der Waals surface area contributed by atoms with E-state index < -0.39 is 15.6 Å². The molecule has 0 radical (unpaired) electrons. The smallest absolute Gasteiger partial charge is 0.260 e. The number of nitrogens with zero attached hydrogens (tertiary/aromatic N) is 2. The van der Waals surface area contributed by atoms with E-state index in [1.807, 2.05) is 13.8 Å². The Hall–Kier alpha value is -0.990. The number of rotatable bonds is 6. The Morgan fingerprint density at radius 3 is 2.44 bits per heavy atom. The molecule has 3 N–H and O–H groups in total. The minimum atomic E-state index is -3.72. The highest BCUT2D eigenvalue weighted by Crippen LogP contribution is 2.19. The zero-order chi connectivity index (χ0) is 14.0. The molecule has 18 heavy (non-hydrogen) atoms. The molecule has 6 nitrogen and oxygen atoms in total. The summed E-state index contributed by atoms with van der Waals surface area (Å²) in [5.41, 5.74) is 4.76. The summed E-state index contributed by atoms with van der Waals surface area (Å²) in [6, 6.07) is 0. The normalized spacial score (nSPS) is 12.6. The van der Waals surface area contributed by atoms with Crippen molar-refractivity contribution < 1.29 is 8.42 Å². The van der Waals surface area contributed by atoms with Crippen LogP contribution in [0.2, 0.25) is 0 Å². The second kappa shape index (κ2) is 5.33. The fourth-order valence-electron chi connectivity index (χ4n) is 1.63. The fourth-order valence-corrected chi connectivity index (χ4v) is 3.54. The van der Waals surface area contributed by atoms with Crippen LogP contribution >= 0.6 is 12.2 Å². The zero-order valence-electron chi connectivity index (χ0n) is 10.7. The Balaban J connectivity index is 3.11. The largest absolute Gasteiger partial charge is 0.392 e. The van der Waals surface area contributed by atoms with E-state index in [1.165, 1.54) is 12.5 Å². The summed E-state index contributed by atoms with van der Waals surface area (Å²) in [7, 11) is -2.01. The molecule has 0 aliphatic rings. The van der Waals surface area contributed by atoms with Crippen LogP contribution in [0.1, 0.15) is 26.7 Å². The van der Waals surface area contributed by atoms with E-state index in [4.69, 9.17) is 18.0 Å². The second-order valence-corrected chi connectivity index (χ2v) is 6.21. The predicted octanol–water partition coefficient (Wildman–Crippen LogP) is 0.543. The third-order valence-electron chi connectivity index (χ3n) is 2.97. The van der Waals surface area contributed by atoms with Crippen LogP contribution in [0.15, 0.2) is 17.6 Å². The van der Waals surface area contributed by atoms with Gasteiger partial charge in [0.2, 0.25) is 0 Å². The van der Waals surface area contributed by atoms with Gasteiger partial charge in [-0.1, -0.05) is 26.1 Å². The zero-order valence-corrected chi connectivity index (χ0v) is 12.3. The van der Waals surface area contributed by atoms with Gasteiger partial charge in [0.1, 0.15) is 0 Å². The average Bonchev–Trinajstić information content (AvgIpc) is 2.73. The predicted molar refractivity (Wildman–Crippen MR) is 73.6 cm³/mol. The van der Waals surface area contributed by atoms with Crippen LogP contribution in [0.25, 0.3) is 0 Å². The Bertz CT molecular complexity index is 532. The van der Waals surface area contributed by atoms with Gasteiger partial charge >= 0.3 is 0 Å². The number of nitrogens with two attached hydrogens (primary N) is 1. The van der Waals surface area contributed by atoms with E-state index in [0.717, 1.165) is 0 Å². The van der Waals surface area contributed by atoms with E-state index in [-0.39, 0.29) is 10.0 Å². The van der Waals surface area contributed by atoms with Crippen LogP contribution in [0, 0.1) is 0 Å². The Morgan fingerprint density at radius 1 is 1.56 bits per heavy atom. The van der Waals surface area contributed by atoms with E-state index in [2.05, 4.69) is 9.71 Å². The lowest BCUT2D eigenvalue weighted by atomic mass is 9.94. The van der Waals surface area contributed by atoms with Crippen molar-refractivity contribution in [2.45, 2.75) is 37.3 Å². The number of hydrogen-bond acceptors (Lipinski definition) is 4. The Kier molecular flexibility index (Phi) is 4.46. The molecule has 0 aromatic carbocycles. The molecule has 0 atom stereocenters. The maximum absolute atomic E-state index is 12.2. The highest BCUT2D eigenvalue weighted by molar-refractivity contribution is 7.89. The monoisotopic (exact) mass is 290 g/mol. The van der Waals surface area contributed by atoms with Crippen molar-refractivity contribution in [3.63, 3.8) is 0 Å². The summed E-state index contributed by atoms with van der Waals surface area (Å²) in [4.78, 5) is 3.97. The molecule has 1 heterocycles. The molecule has 0 unspecified atom stereocenters. The van der Waals surface area contributed by atoms with Crippen LogP contribution < -0.4 is 10.5 Å². The standard InChI is InChI=1S/C10H18N4O2S2/c1-4-10(5-2,9(11)17)13-18(15,16)8-6-14(3)7-12-8/h6-7,13H,4-5H2,1-3H3,(H2,11,17). The van der Waals surface area contributed by atoms with Gasteiger partial charge in [-0.25, -0.2) is 13.4 Å². The van der Waals surface area contributed by atoms with Gasteiger partial charge in [0, 0.05) is 13.2 Å². The molecule has 0 fully saturated rings. The van der Waals surface area contributed by atoms with Crippen LogP contribution in [0.5, 0.6) is 0 Å². The van der Waals surface area contributed by atoms with E-state index in [1.54, 1.807) is 11.6 Å². The Morgan fingerprint density at radius 2 is 2.11 bits per heavy atom. The lowest BCUT2D eigenvalue weighted by molar-refractivity contribution is 0.464. The minimum absolute atomic E-state index is 0.0347. The number of thiocarbonyl (C=S) groups is 1. The quantitative estimate of drug-likeness (QED) is 0.746. The topological polar surface area (TPSA) is 90.0 Å². The van der Waals surface area contributed by atoms with Crippen molar-refractivity contribution in [3.05, 3.63) is 12.5 Å². The average molecular weight is 290 g/mol. The number of aryl methyl sites for hydroxylation is 1. The first-order valence-electron chi connectivity index (χ1n) is 5.59. The highest BCUT2D eigenvalue weighted by atomic mass is 32.2. The molecular formula is C10H18N4O2S2. The summed E-state index contributed by atoms with van der Waals surface area (Å²) in [5.74, 6) is 0. The van der Waals surface area contributed by atoms with Gasteiger partial charge in [0.05, 0.1) is 16.9 Å². The molecule has 0 spiro atoms. The molecule has 1 rings (SSSR count). The molecule has 0 amide bonds. The molecule has 0 saturated heterocycles. The second-order valence-electron chi connectivity index (χ2n) is 4.14. The number of imidazole rings is 1. The lowest BCUT2D eigenvalue weighted by Crippen LogP contribution is -2.55. The SMILES string of the molecule is CCC(CC)(NS(=O)(=O)c1cn(C)cn1)C(N)=S. The summed E-state index contributed by atoms with van der Waals surface area (Å²) in [5, 5.41) is -0.0347. The van der Waals surface area contributed by atoms with Crippen LogP contribution in [-0.4, -0.2) is 28.5 Å². The van der Waals surface area contributed by atoms with E-state index in [9.17, 15) is 8.42 Å². The summed E-state index contributed by atoms with van der Waals surface area (Å²) < 4.78 is 28.5. The molecule has 0 aliphatic heterocycles. The molecule has 0 bridgehead atoms. The van der Waals surface area contributed by atoms with Gasteiger partial charge < -0.3 is 10.3 Å². The number of sulfonamides is 1. The molecular weight excluding hydrogens is 272 g/mol. The third kappa shape index (κ3) is 2.88. The molecule has 0 saturated carbocycles. The summed E-state index contributed by atoms with van der Waals surface area (Å²) in [6.45, 7) is 3.67. The number of aromatic nitrogens is 2. The van der Waals surface area contributed by atoms with E-state index in [0.29, 0.717) is 12.8 Å². The van der Waals surface area contributed by atoms with Gasteiger partial charge in [0.25, 0.3) is 10.0 Å². The molecule has 102 valence electrons. The van der Waals surface area contributed by atoms with Crippen molar-refractivity contribution in [3.8, 4) is 0 Å². The molecule has 8 heteroatoms. The van der Waals surface area contributed by atoms with E-state index >= 15 is 0 Å². The van der Waals surface area contributed by atoms with Crippen molar-refractivity contribution in [1.29, 1.82) is 0 Å². The first-order valence-corrected chi connectivity index (χ1v) is 7.48. The van der Waals surface area contributed by atoms with Crippen LogP contribution in [0.4, 0.5) is 0 Å². The third-order valence-corrected chi connectivity index (χ3v) is 4.78. The van der Waals surface area contributed by atoms with Gasteiger partial charge in [-0.05, 0) is 12.8 Å². The van der Waals surface area contributed by atoms with Gasteiger partial charge in [-0.2, -0.15) is 4.72 Å². The number of hydrogen-bond donors (Lipinski definition) is 2. The van der Waals surface area contributed by atoms with Crippen molar-refractivity contribution >= 4 is 27.2 Å². The maximum atomic E-state index is 12.2. The van der Waals surface area contributed by atoms with Gasteiger partial charge in [-0.15, -0.1) is 0 Å². The first kappa shape index (κ1) is 15.1. The van der Waals surface area contributed by atoms with Gasteiger partial charge in [-0.3, -0.25) is 0 Å². The first-order chi connectivity index (χ1) is 8.27. The van der Waals surface area contributed by atoms with Crippen molar-refractivity contribution in [1.82, 2.24) is 14.3 Å². The number of nitrogens with one attached hydrogen (secondary N) is 1. The molecule has 0 aliphatic carbocycles. The summed E-state index contributed by atoms with van der Waals surface area (Å²) >= 11 is 4.98. The van der Waals surface area contributed by atoms with Crippen LogP contribution in [-0.2, 0) is 17.1 Å². The molecule has 1 aromatic heterocycles. The van der Waals surface area contributed by atoms with Crippen molar-refractivity contribution in [2.24, 2.45) is 12.8 Å². The maximum Gasteiger partial charge on any atom is 0.260 e. The lowest BCUT2D eigenvalue weighted by Gasteiger charge is -2.30.